The largest absolute Gasteiger partial charge is 0.346 e. The molecule has 0 spiro atoms. The number of aryl methyl sites for hydroxylation is 1. The van der Waals surface area contributed by atoms with Gasteiger partial charge in [-0.3, -0.25) is 0 Å². The van der Waals surface area contributed by atoms with Gasteiger partial charge in [0.05, 0.1) is 5.75 Å². The third-order valence-electron chi connectivity index (χ3n) is 2.65. The average Bonchev–Trinajstić information content (AvgIpc) is 2.62. The van der Waals surface area contributed by atoms with E-state index in [1.807, 2.05) is 11.8 Å². The standard InChI is InChI=1S/C12H18N2S2/c1-12(2,3)16-7-10-13-9-6-4-5-8(9)11(15)14-10/h4-7H2,1-3H3,(H,13,14,15). The molecule has 1 heterocycles. The summed E-state index contributed by atoms with van der Waals surface area (Å²) in [7, 11) is 0. The second-order valence-electron chi connectivity index (χ2n) is 5.20. The van der Waals surface area contributed by atoms with E-state index in [0.717, 1.165) is 29.1 Å². The number of H-pyrrole nitrogens is 1. The van der Waals surface area contributed by atoms with E-state index in [9.17, 15) is 0 Å². The molecule has 4 heteroatoms. The Balaban J connectivity index is 2.18. The zero-order chi connectivity index (χ0) is 11.8. The van der Waals surface area contributed by atoms with Gasteiger partial charge in [-0.25, -0.2) is 4.98 Å². The number of aromatic amines is 1. The van der Waals surface area contributed by atoms with Crippen LogP contribution in [0.15, 0.2) is 0 Å². The molecule has 2 rings (SSSR count). The van der Waals surface area contributed by atoms with Gasteiger partial charge in [-0.05, 0) is 19.3 Å². The number of hydrogen-bond donors (Lipinski definition) is 1. The fourth-order valence-corrected chi connectivity index (χ4v) is 2.90. The highest BCUT2D eigenvalue weighted by molar-refractivity contribution is 7.99. The molecule has 1 aliphatic carbocycles. The smallest absolute Gasteiger partial charge is 0.133 e. The normalized spacial score (nSPS) is 15.2. The predicted octanol–water partition coefficient (Wildman–Crippen LogP) is 3.66. The zero-order valence-corrected chi connectivity index (χ0v) is 11.7. The summed E-state index contributed by atoms with van der Waals surface area (Å²) >= 11 is 7.23. The maximum absolute atomic E-state index is 5.33. The lowest BCUT2D eigenvalue weighted by Gasteiger charge is -2.17. The minimum absolute atomic E-state index is 0.274. The summed E-state index contributed by atoms with van der Waals surface area (Å²) in [6, 6.07) is 0. The van der Waals surface area contributed by atoms with Gasteiger partial charge in [0.15, 0.2) is 0 Å². The lowest BCUT2D eigenvalue weighted by atomic mass is 10.3. The van der Waals surface area contributed by atoms with Gasteiger partial charge < -0.3 is 4.98 Å². The zero-order valence-electron chi connectivity index (χ0n) is 10.1. The van der Waals surface area contributed by atoms with Crippen LogP contribution in [0.2, 0.25) is 0 Å². The first-order valence-corrected chi connectivity index (χ1v) is 7.10. The molecule has 0 aromatic carbocycles. The minimum atomic E-state index is 0.274. The number of nitrogens with one attached hydrogen (secondary N) is 1. The van der Waals surface area contributed by atoms with Crippen molar-refractivity contribution < 1.29 is 0 Å². The van der Waals surface area contributed by atoms with Crippen molar-refractivity contribution in [3.63, 3.8) is 0 Å². The number of fused-ring (bicyclic) bond motifs is 1. The Hall–Kier alpha value is -0.350. The summed E-state index contributed by atoms with van der Waals surface area (Å²) in [4.78, 5) is 7.93. The molecule has 0 radical (unpaired) electrons. The maximum atomic E-state index is 5.33. The van der Waals surface area contributed by atoms with Crippen LogP contribution in [-0.2, 0) is 18.6 Å². The van der Waals surface area contributed by atoms with E-state index < -0.39 is 0 Å². The maximum Gasteiger partial charge on any atom is 0.133 e. The molecule has 16 heavy (non-hydrogen) atoms. The Bertz CT molecular complexity index is 443. The summed E-state index contributed by atoms with van der Waals surface area (Å²) in [5.41, 5.74) is 2.60. The third kappa shape index (κ3) is 2.86. The Kier molecular flexibility index (Phi) is 3.40. The number of nitrogens with zero attached hydrogens (tertiary/aromatic N) is 1. The van der Waals surface area contributed by atoms with Crippen molar-refractivity contribution in [1.29, 1.82) is 0 Å². The van der Waals surface area contributed by atoms with Crippen LogP contribution in [0.25, 0.3) is 0 Å². The molecule has 0 saturated carbocycles. The van der Waals surface area contributed by atoms with Gasteiger partial charge in [0.1, 0.15) is 10.5 Å². The van der Waals surface area contributed by atoms with Gasteiger partial charge in [-0.1, -0.05) is 33.0 Å². The van der Waals surface area contributed by atoms with Crippen LogP contribution >= 0.6 is 24.0 Å². The summed E-state index contributed by atoms with van der Waals surface area (Å²) in [6.07, 6.45) is 3.45. The number of rotatable bonds is 2. The van der Waals surface area contributed by atoms with Gasteiger partial charge in [0.2, 0.25) is 0 Å². The lowest BCUT2D eigenvalue weighted by molar-refractivity contribution is 0.799. The predicted molar refractivity (Wildman–Crippen MR) is 72.5 cm³/mol. The average molecular weight is 254 g/mol. The van der Waals surface area contributed by atoms with Crippen LogP contribution in [0.4, 0.5) is 0 Å². The lowest BCUT2D eigenvalue weighted by Crippen LogP contribution is -2.09. The van der Waals surface area contributed by atoms with E-state index in [-0.39, 0.29) is 4.75 Å². The number of thioether (sulfide) groups is 1. The molecule has 1 N–H and O–H groups in total. The van der Waals surface area contributed by atoms with E-state index in [1.165, 1.54) is 17.7 Å². The highest BCUT2D eigenvalue weighted by Crippen LogP contribution is 2.27. The molecular formula is C12H18N2S2. The number of hydrogen-bond acceptors (Lipinski definition) is 3. The SMILES string of the molecule is CC(C)(C)SCc1nc(=S)c2c([nH]1)CCC2. The van der Waals surface area contributed by atoms with E-state index in [2.05, 4.69) is 30.7 Å². The first-order chi connectivity index (χ1) is 7.46. The summed E-state index contributed by atoms with van der Waals surface area (Å²) in [5, 5.41) is 0. The Morgan fingerprint density at radius 2 is 2.12 bits per heavy atom. The van der Waals surface area contributed by atoms with Crippen LogP contribution in [-0.4, -0.2) is 14.7 Å². The summed E-state index contributed by atoms with van der Waals surface area (Å²) in [5.74, 6) is 1.95. The Morgan fingerprint density at radius 1 is 1.38 bits per heavy atom. The molecule has 0 aliphatic heterocycles. The van der Waals surface area contributed by atoms with Gasteiger partial charge in [0.25, 0.3) is 0 Å². The molecule has 1 aliphatic rings. The van der Waals surface area contributed by atoms with Crippen LogP contribution in [0.3, 0.4) is 0 Å². The van der Waals surface area contributed by atoms with Gasteiger partial charge in [-0.15, -0.1) is 11.8 Å². The van der Waals surface area contributed by atoms with Crippen LogP contribution in [0.5, 0.6) is 0 Å². The Morgan fingerprint density at radius 3 is 2.81 bits per heavy atom. The van der Waals surface area contributed by atoms with Gasteiger partial charge >= 0.3 is 0 Å². The Labute approximate surface area is 106 Å². The molecule has 0 fully saturated rings. The highest BCUT2D eigenvalue weighted by Gasteiger charge is 2.16. The first kappa shape index (κ1) is 12.1. The van der Waals surface area contributed by atoms with Crippen LogP contribution < -0.4 is 0 Å². The van der Waals surface area contributed by atoms with Gasteiger partial charge in [-0.2, -0.15) is 0 Å². The second-order valence-corrected chi connectivity index (χ2v) is 7.39. The van der Waals surface area contributed by atoms with Crippen molar-refractivity contribution in [3.05, 3.63) is 21.7 Å². The second kappa shape index (κ2) is 4.49. The third-order valence-corrected chi connectivity index (χ3v) is 4.27. The van der Waals surface area contributed by atoms with Crippen molar-refractivity contribution in [2.75, 3.05) is 0 Å². The van der Waals surface area contributed by atoms with Crippen LogP contribution in [0.1, 0.15) is 44.3 Å². The van der Waals surface area contributed by atoms with Crippen LogP contribution in [0, 0.1) is 4.64 Å². The molecule has 2 nitrogen and oxygen atoms in total. The molecule has 1 aromatic rings. The van der Waals surface area contributed by atoms with Crippen molar-refractivity contribution >= 4 is 24.0 Å². The van der Waals surface area contributed by atoms with Gasteiger partial charge in [0, 0.05) is 16.0 Å². The van der Waals surface area contributed by atoms with E-state index in [0.29, 0.717) is 0 Å². The monoisotopic (exact) mass is 254 g/mol. The quantitative estimate of drug-likeness (QED) is 0.817. The summed E-state index contributed by atoms with van der Waals surface area (Å²) < 4.78 is 1.09. The molecule has 1 aromatic heterocycles. The molecule has 0 atom stereocenters. The van der Waals surface area contributed by atoms with Crippen molar-refractivity contribution in [1.82, 2.24) is 9.97 Å². The van der Waals surface area contributed by atoms with Crippen molar-refractivity contribution in [2.24, 2.45) is 0 Å². The molecule has 0 amide bonds. The topological polar surface area (TPSA) is 28.7 Å². The van der Waals surface area contributed by atoms with E-state index >= 15 is 0 Å². The molecule has 0 bridgehead atoms. The molecule has 0 unspecified atom stereocenters. The highest BCUT2D eigenvalue weighted by atomic mass is 32.2. The first-order valence-electron chi connectivity index (χ1n) is 5.70. The van der Waals surface area contributed by atoms with Crippen molar-refractivity contribution in [3.8, 4) is 0 Å². The summed E-state index contributed by atoms with van der Waals surface area (Å²) in [6.45, 7) is 6.67. The molecule has 0 saturated heterocycles. The van der Waals surface area contributed by atoms with Crippen molar-refractivity contribution in [2.45, 2.75) is 50.5 Å². The fourth-order valence-electron chi connectivity index (χ4n) is 1.86. The molecule has 88 valence electrons. The van der Waals surface area contributed by atoms with E-state index in [1.54, 1.807) is 0 Å². The minimum Gasteiger partial charge on any atom is -0.346 e. The fraction of sp³-hybridized carbons (Fsp3) is 0.667. The molecular weight excluding hydrogens is 236 g/mol. The van der Waals surface area contributed by atoms with E-state index in [4.69, 9.17) is 12.2 Å². The number of aromatic nitrogens is 2.